The average molecular weight is 283 g/mol. The number of hydrogen-bond acceptors (Lipinski definition) is 2. The molecule has 0 atom stereocenters. The van der Waals surface area contributed by atoms with Gasteiger partial charge in [-0.25, -0.2) is 0 Å². The van der Waals surface area contributed by atoms with Crippen molar-refractivity contribution in [2.75, 3.05) is 11.9 Å². The third-order valence-electron chi connectivity index (χ3n) is 2.89. The van der Waals surface area contributed by atoms with Crippen LogP contribution in [0, 0.1) is 5.92 Å². The lowest BCUT2D eigenvalue weighted by Crippen LogP contribution is -2.36. The largest absolute Gasteiger partial charge is 0.347 e. The van der Waals surface area contributed by atoms with Crippen LogP contribution in [-0.2, 0) is 9.59 Å². The zero-order valence-electron chi connectivity index (χ0n) is 11.2. The molecule has 0 unspecified atom stereocenters. The number of rotatable bonds is 6. The number of carbonyl (C=O) groups excluding carboxylic acids is 2. The molecule has 0 aliphatic carbocycles. The van der Waals surface area contributed by atoms with Gasteiger partial charge in [-0.05, 0) is 31.0 Å². The van der Waals surface area contributed by atoms with E-state index in [0.717, 1.165) is 12.8 Å². The zero-order valence-corrected chi connectivity index (χ0v) is 12.0. The topological polar surface area (TPSA) is 58.2 Å². The molecule has 1 rings (SSSR count). The molecule has 2 N–H and O–H groups in total. The van der Waals surface area contributed by atoms with Gasteiger partial charge >= 0.3 is 0 Å². The first-order chi connectivity index (χ1) is 9.06. The maximum atomic E-state index is 11.7. The first-order valence-corrected chi connectivity index (χ1v) is 6.77. The van der Waals surface area contributed by atoms with Gasteiger partial charge in [0.15, 0.2) is 0 Å². The van der Waals surface area contributed by atoms with Gasteiger partial charge in [0.25, 0.3) is 0 Å². The SMILES string of the molecule is CCC(CC)C(=O)NCC(=O)Nc1cccc(Cl)c1. The molecule has 1 aromatic carbocycles. The summed E-state index contributed by atoms with van der Waals surface area (Å²) in [7, 11) is 0. The van der Waals surface area contributed by atoms with E-state index in [1.165, 1.54) is 0 Å². The van der Waals surface area contributed by atoms with Crippen LogP contribution in [0.1, 0.15) is 26.7 Å². The van der Waals surface area contributed by atoms with Gasteiger partial charge in [0, 0.05) is 16.6 Å². The number of amides is 2. The summed E-state index contributed by atoms with van der Waals surface area (Å²) < 4.78 is 0. The molecule has 0 aliphatic heterocycles. The lowest BCUT2D eigenvalue weighted by molar-refractivity contribution is -0.127. The summed E-state index contributed by atoms with van der Waals surface area (Å²) in [4.78, 5) is 23.4. The van der Waals surface area contributed by atoms with Crippen molar-refractivity contribution in [3.63, 3.8) is 0 Å². The summed E-state index contributed by atoms with van der Waals surface area (Å²) in [6.07, 6.45) is 1.55. The van der Waals surface area contributed by atoms with E-state index in [-0.39, 0.29) is 24.3 Å². The van der Waals surface area contributed by atoms with E-state index in [9.17, 15) is 9.59 Å². The minimum absolute atomic E-state index is 0.0259. The van der Waals surface area contributed by atoms with Crippen molar-refractivity contribution in [2.45, 2.75) is 26.7 Å². The van der Waals surface area contributed by atoms with E-state index in [1.807, 2.05) is 13.8 Å². The highest BCUT2D eigenvalue weighted by atomic mass is 35.5. The maximum Gasteiger partial charge on any atom is 0.243 e. The van der Waals surface area contributed by atoms with Crippen LogP contribution >= 0.6 is 11.6 Å². The van der Waals surface area contributed by atoms with Crippen LogP contribution in [0.3, 0.4) is 0 Å². The first-order valence-electron chi connectivity index (χ1n) is 6.40. The summed E-state index contributed by atoms with van der Waals surface area (Å²) in [5, 5.41) is 5.86. The van der Waals surface area contributed by atoms with E-state index in [2.05, 4.69) is 10.6 Å². The lowest BCUT2D eigenvalue weighted by Gasteiger charge is -2.12. The van der Waals surface area contributed by atoms with E-state index < -0.39 is 0 Å². The smallest absolute Gasteiger partial charge is 0.243 e. The highest BCUT2D eigenvalue weighted by Gasteiger charge is 2.14. The van der Waals surface area contributed by atoms with Crippen LogP contribution in [0.2, 0.25) is 5.02 Å². The fraction of sp³-hybridized carbons (Fsp3) is 0.429. The Bertz CT molecular complexity index is 445. The Morgan fingerprint density at radius 3 is 2.53 bits per heavy atom. The lowest BCUT2D eigenvalue weighted by atomic mass is 10.0. The van der Waals surface area contributed by atoms with Gasteiger partial charge in [-0.15, -0.1) is 0 Å². The normalized spacial score (nSPS) is 10.3. The third-order valence-corrected chi connectivity index (χ3v) is 3.12. The summed E-state index contributed by atoms with van der Waals surface area (Å²) in [6.45, 7) is 3.89. The van der Waals surface area contributed by atoms with E-state index in [4.69, 9.17) is 11.6 Å². The van der Waals surface area contributed by atoms with Crippen molar-refractivity contribution in [2.24, 2.45) is 5.92 Å². The molecule has 0 aliphatic rings. The predicted octanol–water partition coefficient (Wildman–Crippen LogP) is 2.83. The molecule has 0 aromatic heterocycles. The van der Waals surface area contributed by atoms with Crippen LogP contribution in [0.5, 0.6) is 0 Å². The summed E-state index contributed by atoms with van der Waals surface area (Å²) in [5.41, 5.74) is 0.620. The molecule has 0 bridgehead atoms. The fourth-order valence-electron chi connectivity index (χ4n) is 1.74. The van der Waals surface area contributed by atoms with Gasteiger partial charge in [0.2, 0.25) is 11.8 Å². The number of anilines is 1. The molecular weight excluding hydrogens is 264 g/mol. The van der Waals surface area contributed by atoms with Gasteiger partial charge < -0.3 is 10.6 Å². The monoisotopic (exact) mass is 282 g/mol. The van der Waals surface area contributed by atoms with Crippen molar-refractivity contribution in [3.05, 3.63) is 29.3 Å². The van der Waals surface area contributed by atoms with E-state index in [1.54, 1.807) is 24.3 Å². The zero-order chi connectivity index (χ0) is 14.3. The number of hydrogen-bond donors (Lipinski definition) is 2. The second kappa shape index (κ2) is 7.79. The molecule has 0 spiro atoms. The molecule has 0 heterocycles. The van der Waals surface area contributed by atoms with Gasteiger partial charge in [-0.1, -0.05) is 31.5 Å². The van der Waals surface area contributed by atoms with Crippen LogP contribution in [0.15, 0.2) is 24.3 Å². The molecule has 1 aromatic rings. The summed E-state index contributed by atoms with van der Waals surface area (Å²) >= 11 is 5.81. The highest BCUT2D eigenvalue weighted by molar-refractivity contribution is 6.30. The molecule has 19 heavy (non-hydrogen) atoms. The Kier molecular flexibility index (Phi) is 6.36. The molecule has 2 amide bonds. The Balaban J connectivity index is 2.42. The number of halogens is 1. The Morgan fingerprint density at radius 2 is 1.95 bits per heavy atom. The number of carbonyl (C=O) groups is 2. The van der Waals surface area contributed by atoms with Gasteiger partial charge in [-0.3, -0.25) is 9.59 Å². The third kappa shape index (κ3) is 5.30. The van der Waals surface area contributed by atoms with Crippen molar-refractivity contribution in [3.8, 4) is 0 Å². The molecule has 0 fully saturated rings. The van der Waals surface area contributed by atoms with Crippen LogP contribution < -0.4 is 10.6 Å². The van der Waals surface area contributed by atoms with Crippen molar-refractivity contribution < 1.29 is 9.59 Å². The second-order valence-electron chi connectivity index (χ2n) is 4.29. The maximum absolute atomic E-state index is 11.7. The second-order valence-corrected chi connectivity index (χ2v) is 4.73. The molecule has 5 heteroatoms. The summed E-state index contributed by atoms with van der Waals surface area (Å²) in [5.74, 6) is -0.369. The molecule has 0 radical (unpaired) electrons. The number of nitrogens with one attached hydrogen (secondary N) is 2. The predicted molar refractivity (Wildman–Crippen MR) is 77.2 cm³/mol. The minimum Gasteiger partial charge on any atom is -0.347 e. The molecular formula is C14H19ClN2O2. The fourth-order valence-corrected chi connectivity index (χ4v) is 1.93. The van der Waals surface area contributed by atoms with Gasteiger partial charge in [0.05, 0.1) is 6.54 Å². The van der Waals surface area contributed by atoms with Crippen LogP contribution in [0.25, 0.3) is 0 Å². The van der Waals surface area contributed by atoms with E-state index in [0.29, 0.717) is 10.7 Å². The highest BCUT2D eigenvalue weighted by Crippen LogP contribution is 2.14. The van der Waals surface area contributed by atoms with Gasteiger partial charge in [-0.2, -0.15) is 0 Å². The molecule has 4 nitrogen and oxygen atoms in total. The van der Waals surface area contributed by atoms with Crippen LogP contribution in [0.4, 0.5) is 5.69 Å². The standard InChI is InChI=1S/C14H19ClN2O2/c1-3-10(4-2)14(19)16-9-13(18)17-12-7-5-6-11(15)8-12/h5-8,10H,3-4,9H2,1-2H3,(H,16,19)(H,17,18). The van der Waals surface area contributed by atoms with Crippen molar-refractivity contribution in [1.29, 1.82) is 0 Å². The molecule has 0 saturated heterocycles. The quantitative estimate of drug-likeness (QED) is 0.843. The Labute approximate surface area is 118 Å². The Hall–Kier alpha value is -1.55. The summed E-state index contributed by atoms with van der Waals surface area (Å²) in [6, 6.07) is 6.88. The van der Waals surface area contributed by atoms with E-state index >= 15 is 0 Å². The minimum atomic E-state index is -0.262. The van der Waals surface area contributed by atoms with Crippen molar-refractivity contribution in [1.82, 2.24) is 5.32 Å². The van der Waals surface area contributed by atoms with Crippen LogP contribution in [-0.4, -0.2) is 18.4 Å². The first kappa shape index (κ1) is 15.5. The molecule has 0 saturated carbocycles. The number of benzene rings is 1. The Morgan fingerprint density at radius 1 is 1.26 bits per heavy atom. The molecule has 104 valence electrons. The average Bonchev–Trinajstić information content (AvgIpc) is 2.38. The van der Waals surface area contributed by atoms with Crippen molar-refractivity contribution >= 4 is 29.1 Å². The van der Waals surface area contributed by atoms with Gasteiger partial charge in [0.1, 0.15) is 0 Å².